The molecule has 0 bridgehead atoms. The predicted molar refractivity (Wildman–Crippen MR) is 128 cm³/mol. The second-order valence-corrected chi connectivity index (χ2v) is 8.73. The number of allylic oxidation sites excluding steroid dienone is 1. The van der Waals surface area contributed by atoms with E-state index in [2.05, 4.69) is 22.8 Å². The Hall–Kier alpha value is -3.03. The second kappa shape index (κ2) is 9.63. The number of rotatable bonds is 8. The molecule has 0 spiro atoms. The summed E-state index contributed by atoms with van der Waals surface area (Å²) in [5, 5.41) is 10.9. The Morgan fingerprint density at radius 3 is 2.66 bits per heavy atom. The Labute approximate surface area is 194 Å². The van der Waals surface area contributed by atoms with Crippen molar-refractivity contribution in [2.45, 2.75) is 37.9 Å². The normalized spacial score (nSPS) is 11.1. The monoisotopic (exact) mass is 467 g/mol. The summed E-state index contributed by atoms with van der Waals surface area (Å²) in [5.41, 5.74) is 3.37. The van der Waals surface area contributed by atoms with Crippen LogP contribution in [0.15, 0.2) is 69.5 Å². The zero-order valence-corrected chi connectivity index (χ0v) is 19.4. The fourth-order valence-corrected chi connectivity index (χ4v) is 4.35. The van der Waals surface area contributed by atoms with Crippen molar-refractivity contribution in [3.63, 3.8) is 0 Å². The van der Waals surface area contributed by atoms with E-state index in [1.807, 2.05) is 36.6 Å². The molecule has 0 atom stereocenters. The van der Waals surface area contributed by atoms with Gasteiger partial charge in [-0.1, -0.05) is 29.4 Å². The van der Waals surface area contributed by atoms with Gasteiger partial charge in [0.25, 0.3) is 0 Å². The summed E-state index contributed by atoms with van der Waals surface area (Å²) in [4.78, 5) is 12.1. The zero-order chi connectivity index (χ0) is 22.7. The van der Waals surface area contributed by atoms with Gasteiger partial charge in [0.05, 0.1) is 0 Å². The van der Waals surface area contributed by atoms with Crippen molar-refractivity contribution >= 4 is 34.3 Å². The lowest BCUT2D eigenvalue weighted by atomic mass is 10.0. The number of halogens is 1. The summed E-state index contributed by atoms with van der Waals surface area (Å²) in [5.74, 6) is 1.94. The van der Waals surface area contributed by atoms with Crippen LogP contribution in [0, 0.1) is 13.8 Å². The first-order chi connectivity index (χ1) is 15.4. The maximum Gasteiger partial charge on any atom is 0.336 e. The minimum absolute atomic E-state index is 0.263. The van der Waals surface area contributed by atoms with Crippen molar-refractivity contribution in [3.8, 4) is 5.75 Å². The Kier molecular flexibility index (Phi) is 6.67. The van der Waals surface area contributed by atoms with Crippen LogP contribution in [0.3, 0.4) is 0 Å². The molecule has 0 aliphatic carbocycles. The largest absolute Gasteiger partial charge is 0.486 e. The summed E-state index contributed by atoms with van der Waals surface area (Å²) in [7, 11) is 0. The highest BCUT2D eigenvalue weighted by atomic mass is 35.5. The maximum absolute atomic E-state index is 12.1. The molecule has 0 radical (unpaired) electrons. The third-order valence-corrected chi connectivity index (χ3v) is 6.36. The van der Waals surface area contributed by atoms with E-state index in [0.29, 0.717) is 34.5 Å². The minimum Gasteiger partial charge on any atom is -0.486 e. The molecule has 4 rings (SSSR count). The molecule has 0 saturated carbocycles. The van der Waals surface area contributed by atoms with Gasteiger partial charge in [0.15, 0.2) is 11.0 Å². The van der Waals surface area contributed by atoms with Crippen LogP contribution in [-0.4, -0.2) is 14.8 Å². The molecule has 2 heterocycles. The van der Waals surface area contributed by atoms with Crippen LogP contribution in [0.25, 0.3) is 11.0 Å². The SMILES string of the molecule is C=CCn1c(COc2ccc(Cl)cc2)nnc1SCc1cc(=O)oc2cc(C)c(C)cc12. The van der Waals surface area contributed by atoms with Gasteiger partial charge < -0.3 is 9.15 Å². The third kappa shape index (κ3) is 4.89. The number of aryl methyl sites for hydroxylation is 2. The number of thioether (sulfide) groups is 1. The molecule has 2 aromatic carbocycles. The topological polar surface area (TPSA) is 70.2 Å². The summed E-state index contributed by atoms with van der Waals surface area (Å²) < 4.78 is 13.2. The van der Waals surface area contributed by atoms with Crippen LogP contribution in [0.4, 0.5) is 0 Å². The highest BCUT2D eigenvalue weighted by Gasteiger charge is 2.15. The predicted octanol–water partition coefficient (Wildman–Crippen LogP) is 5.71. The minimum atomic E-state index is -0.360. The Morgan fingerprint density at radius 2 is 1.91 bits per heavy atom. The standard InChI is InChI=1S/C24H22ClN3O3S/c1-4-9-28-22(13-30-19-7-5-18(25)6-8-19)26-27-24(28)32-14-17-12-23(29)31-21-11-16(3)15(2)10-20(17)21/h4-8,10-12H,1,9,13-14H2,2-3H3. The number of hydrogen-bond donors (Lipinski definition) is 0. The quantitative estimate of drug-likeness (QED) is 0.188. The first-order valence-electron chi connectivity index (χ1n) is 10.0. The van der Waals surface area contributed by atoms with Crippen LogP contribution in [0.5, 0.6) is 5.75 Å². The smallest absolute Gasteiger partial charge is 0.336 e. The first-order valence-corrected chi connectivity index (χ1v) is 11.4. The van der Waals surface area contributed by atoms with Crippen molar-refractivity contribution < 1.29 is 9.15 Å². The molecule has 2 aromatic heterocycles. The van der Waals surface area contributed by atoms with E-state index >= 15 is 0 Å². The lowest BCUT2D eigenvalue weighted by Gasteiger charge is -2.10. The van der Waals surface area contributed by atoms with Crippen LogP contribution in [0.2, 0.25) is 5.02 Å². The molecule has 0 amide bonds. The zero-order valence-electron chi connectivity index (χ0n) is 17.8. The maximum atomic E-state index is 12.1. The van der Waals surface area contributed by atoms with E-state index in [1.165, 1.54) is 11.8 Å². The van der Waals surface area contributed by atoms with Gasteiger partial charge in [0, 0.05) is 28.8 Å². The summed E-state index contributed by atoms with van der Waals surface area (Å²) in [6.45, 7) is 8.70. The van der Waals surface area contributed by atoms with Gasteiger partial charge in [0.2, 0.25) is 0 Å². The van der Waals surface area contributed by atoms with Gasteiger partial charge in [-0.05, 0) is 66.9 Å². The molecule has 0 N–H and O–H groups in total. The number of hydrogen-bond acceptors (Lipinski definition) is 6. The molecule has 6 nitrogen and oxygen atoms in total. The van der Waals surface area contributed by atoms with E-state index in [0.717, 1.165) is 27.2 Å². The van der Waals surface area contributed by atoms with E-state index in [4.69, 9.17) is 20.8 Å². The number of ether oxygens (including phenoxy) is 1. The van der Waals surface area contributed by atoms with Crippen LogP contribution in [-0.2, 0) is 18.9 Å². The number of aromatic nitrogens is 3. The number of fused-ring (bicyclic) bond motifs is 1. The van der Waals surface area contributed by atoms with Gasteiger partial charge in [0.1, 0.15) is 17.9 Å². The Bertz CT molecular complexity index is 1330. The molecule has 0 fully saturated rings. The van der Waals surface area contributed by atoms with Crippen molar-refractivity contribution in [2.24, 2.45) is 0 Å². The fraction of sp³-hybridized carbons (Fsp3) is 0.208. The van der Waals surface area contributed by atoms with E-state index in [-0.39, 0.29) is 12.2 Å². The fourth-order valence-electron chi connectivity index (χ4n) is 3.27. The van der Waals surface area contributed by atoms with Crippen LogP contribution >= 0.6 is 23.4 Å². The van der Waals surface area contributed by atoms with E-state index in [9.17, 15) is 4.79 Å². The molecule has 0 aliphatic heterocycles. The van der Waals surface area contributed by atoms with Crippen LogP contribution < -0.4 is 10.4 Å². The molecule has 0 aliphatic rings. The number of nitrogens with zero attached hydrogens (tertiary/aromatic N) is 3. The van der Waals surface area contributed by atoms with Crippen LogP contribution in [0.1, 0.15) is 22.5 Å². The third-order valence-electron chi connectivity index (χ3n) is 5.09. The second-order valence-electron chi connectivity index (χ2n) is 7.35. The Morgan fingerprint density at radius 1 is 1.16 bits per heavy atom. The molecule has 0 unspecified atom stereocenters. The van der Waals surface area contributed by atoms with Gasteiger partial charge >= 0.3 is 5.63 Å². The van der Waals surface area contributed by atoms with Crippen molar-refractivity contribution in [1.29, 1.82) is 0 Å². The van der Waals surface area contributed by atoms with Gasteiger partial charge in [-0.3, -0.25) is 4.57 Å². The first kappa shape index (κ1) is 22.2. The average molecular weight is 468 g/mol. The molecule has 4 aromatic rings. The summed E-state index contributed by atoms with van der Waals surface area (Å²) in [6.07, 6.45) is 1.79. The highest BCUT2D eigenvalue weighted by molar-refractivity contribution is 7.98. The van der Waals surface area contributed by atoms with E-state index in [1.54, 1.807) is 24.3 Å². The van der Waals surface area contributed by atoms with Crippen molar-refractivity contribution in [1.82, 2.24) is 14.8 Å². The molecule has 0 saturated heterocycles. The van der Waals surface area contributed by atoms with Crippen molar-refractivity contribution in [3.05, 3.63) is 93.1 Å². The van der Waals surface area contributed by atoms with Gasteiger partial charge in [-0.2, -0.15) is 0 Å². The molecule has 164 valence electrons. The van der Waals surface area contributed by atoms with Gasteiger partial charge in [-0.25, -0.2) is 4.79 Å². The lowest BCUT2D eigenvalue weighted by Crippen LogP contribution is -2.07. The summed E-state index contributed by atoms with van der Waals surface area (Å²) in [6, 6.07) is 12.7. The summed E-state index contributed by atoms with van der Waals surface area (Å²) >= 11 is 7.43. The van der Waals surface area contributed by atoms with E-state index < -0.39 is 0 Å². The Balaban J connectivity index is 1.56. The average Bonchev–Trinajstić information content (AvgIpc) is 3.15. The van der Waals surface area contributed by atoms with Gasteiger partial charge in [-0.15, -0.1) is 16.8 Å². The highest BCUT2D eigenvalue weighted by Crippen LogP contribution is 2.28. The molecular formula is C24H22ClN3O3S. The lowest BCUT2D eigenvalue weighted by molar-refractivity contribution is 0.289. The number of benzene rings is 2. The molecule has 32 heavy (non-hydrogen) atoms. The molecular weight excluding hydrogens is 446 g/mol. The molecule has 8 heteroatoms. The van der Waals surface area contributed by atoms with Crippen molar-refractivity contribution in [2.75, 3.05) is 0 Å².